The molecule has 0 aliphatic heterocycles. The second-order valence-corrected chi connectivity index (χ2v) is 7.58. The molecule has 0 unspecified atom stereocenters. The molecule has 100 valence electrons. The number of carbonyl (C=O) groups excluding carboxylic acids is 1. The zero-order valence-electron chi connectivity index (χ0n) is 11.0. The van der Waals surface area contributed by atoms with Gasteiger partial charge in [0.1, 0.15) is 5.69 Å². The summed E-state index contributed by atoms with van der Waals surface area (Å²) in [6.45, 7) is 2.33. The second kappa shape index (κ2) is 7.25. The summed E-state index contributed by atoms with van der Waals surface area (Å²) in [5.41, 5.74) is 0.330. The maximum absolute atomic E-state index is 11.6. The Morgan fingerprint density at radius 1 is 1.33 bits per heavy atom. The lowest BCUT2D eigenvalue weighted by Gasteiger charge is -2.22. The maximum Gasteiger partial charge on any atom is 0.356 e. The van der Waals surface area contributed by atoms with Gasteiger partial charge in [-0.1, -0.05) is 6.07 Å². The molecule has 1 aromatic heterocycles. The van der Waals surface area contributed by atoms with E-state index in [2.05, 4.69) is 4.98 Å². The average Bonchev–Trinajstić information content (AvgIpc) is 2.44. The summed E-state index contributed by atoms with van der Waals surface area (Å²) in [4.78, 5) is 15.5. The third kappa shape index (κ3) is 4.56. The number of carbonyl (C=O) groups is 1. The van der Waals surface area contributed by atoms with Gasteiger partial charge in [0, 0.05) is 20.4 Å². The number of aromatic nitrogens is 1. The highest BCUT2D eigenvalue weighted by atomic mass is 28.4. The highest BCUT2D eigenvalue weighted by Gasteiger charge is 2.27. The Balaban J connectivity index is 2.29. The van der Waals surface area contributed by atoms with Crippen molar-refractivity contribution in [2.75, 3.05) is 20.8 Å². The Morgan fingerprint density at radius 2 is 2.06 bits per heavy atom. The number of hydrogen-bond donors (Lipinski definition) is 0. The molecular formula is C12H19NO4Si. The van der Waals surface area contributed by atoms with Crippen LogP contribution in [0, 0.1) is 0 Å². The first-order chi connectivity index (χ1) is 8.61. The Hall–Kier alpha value is -1.24. The quantitative estimate of drug-likeness (QED) is 0.430. The monoisotopic (exact) mass is 269 g/mol. The number of esters is 1. The molecule has 1 rings (SSSR count). The molecule has 1 aromatic rings. The van der Waals surface area contributed by atoms with Crippen LogP contribution in [-0.4, -0.2) is 40.3 Å². The van der Waals surface area contributed by atoms with Crippen molar-refractivity contribution in [3.05, 3.63) is 30.1 Å². The van der Waals surface area contributed by atoms with Gasteiger partial charge in [-0.05, 0) is 31.1 Å². The van der Waals surface area contributed by atoms with Crippen molar-refractivity contribution in [2.45, 2.75) is 19.0 Å². The average molecular weight is 269 g/mol. The van der Waals surface area contributed by atoms with Crippen LogP contribution < -0.4 is 0 Å². The summed E-state index contributed by atoms with van der Waals surface area (Å²) in [5, 5.41) is 0. The molecule has 0 aliphatic carbocycles. The van der Waals surface area contributed by atoms with E-state index in [1.807, 2.05) is 6.55 Å². The lowest BCUT2D eigenvalue weighted by atomic mass is 10.3. The van der Waals surface area contributed by atoms with Crippen LogP contribution in [0.4, 0.5) is 0 Å². The topological polar surface area (TPSA) is 57.7 Å². The van der Waals surface area contributed by atoms with Crippen LogP contribution in [-0.2, 0) is 13.6 Å². The standard InChI is InChI=1S/C12H19NO4Si/c1-15-18(3,16-2)10-6-9-17-12(14)11-7-4-5-8-13-11/h4-5,7-8H,6,9-10H2,1-3H3. The summed E-state index contributed by atoms with van der Waals surface area (Å²) in [5.74, 6) is -0.395. The summed E-state index contributed by atoms with van der Waals surface area (Å²) in [7, 11) is 1.24. The van der Waals surface area contributed by atoms with E-state index in [1.54, 1.807) is 38.6 Å². The first kappa shape index (κ1) is 14.8. The van der Waals surface area contributed by atoms with Crippen LogP contribution in [0.1, 0.15) is 16.9 Å². The van der Waals surface area contributed by atoms with Crippen LogP contribution in [0.5, 0.6) is 0 Å². The Morgan fingerprint density at radius 3 is 2.61 bits per heavy atom. The molecule has 0 atom stereocenters. The fourth-order valence-electron chi connectivity index (χ4n) is 1.40. The molecular weight excluding hydrogens is 250 g/mol. The molecule has 5 nitrogen and oxygen atoms in total. The number of rotatable bonds is 7. The van der Waals surface area contributed by atoms with Crippen molar-refractivity contribution in [2.24, 2.45) is 0 Å². The third-order valence-electron chi connectivity index (χ3n) is 2.75. The number of pyridine rings is 1. The molecule has 0 aromatic carbocycles. The summed E-state index contributed by atoms with van der Waals surface area (Å²) in [6.07, 6.45) is 2.29. The van der Waals surface area contributed by atoms with Gasteiger partial charge in [0.2, 0.25) is 0 Å². The molecule has 0 bridgehead atoms. The van der Waals surface area contributed by atoms with Gasteiger partial charge < -0.3 is 13.6 Å². The fraction of sp³-hybridized carbons (Fsp3) is 0.500. The lowest BCUT2D eigenvalue weighted by Crippen LogP contribution is -2.36. The van der Waals surface area contributed by atoms with Gasteiger partial charge in [-0.3, -0.25) is 0 Å². The normalized spacial score (nSPS) is 11.3. The van der Waals surface area contributed by atoms with E-state index in [0.717, 1.165) is 12.5 Å². The number of ether oxygens (including phenoxy) is 1. The van der Waals surface area contributed by atoms with Crippen molar-refractivity contribution >= 4 is 14.5 Å². The minimum Gasteiger partial charge on any atom is -0.461 e. The van der Waals surface area contributed by atoms with Crippen molar-refractivity contribution in [1.82, 2.24) is 4.98 Å². The van der Waals surface area contributed by atoms with Gasteiger partial charge >= 0.3 is 14.5 Å². The van der Waals surface area contributed by atoms with E-state index in [-0.39, 0.29) is 0 Å². The summed E-state index contributed by atoms with van der Waals surface area (Å²) < 4.78 is 15.8. The summed E-state index contributed by atoms with van der Waals surface area (Å²) in [6, 6.07) is 5.93. The Labute approximate surface area is 108 Å². The zero-order chi connectivity index (χ0) is 13.4. The molecule has 0 spiro atoms. The minimum atomic E-state index is -2.06. The largest absolute Gasteiger partial charge is 0.461 e. The molecule has 0 saturated heterocycles. The SMILES string of the molecule is CO[Si](C)(CCCOC(=O)c1ccccn1)OC. The predicted octanol–water partition coefficient (Wildman–Crippen LogP) is 1.99. The van der Waals surface area contributed by atoms with Crippen LogP contribution >= 0.6 is 0 Å². The maximum atomic E-state index is 11.6. The van der Waals surface area contributed by atoms with E-state index < -0.39 is 14.5 Å². The highest BCUT2D eigenvalue weighted by molar-refractivity contribution is 6.65. The molecule has 0 fully saturated rings. The van der Waals surface area contributed by atoms with E-state index in [4.69, 9.17) is 13.6 Å². The Bertz CT molecular complexity index is 368. The first-order valence-corrected chi connectivity index (χ1v) is 8.32. The lowest BCUT2D eigenvalue weighted by molar-refractivity contribution is 0.0495. The molecule has 0 saturated carbocycles. The van der Waals surface area contributed by atoms with Crippen molar-refractivity contribution in [1.29, 1.82) is 0 Å². The minimum absolute atomic E-state index is 0.330. The van der Waals surface area contributed by atoms with Crippen molar-refractivity contribution < 1.29 is 18.4 Å². The van der Waals surface area contributed by atoms with Gasteiger partial charge in [-0.15, -0.1) is 0 Å². The Kier molecular flexibility index (Phi) is 5.97. The van der Waals surface area contributed by atoms with Crippen LogP contribution in [0.2, 0.25) is 12.6 Å². The third-order valence-corrected chi connectivity index (χ3v) is 5.73. The highest BCUT2D eigenvalue weighted by Crippen LogP contribution is 2.13. The van der Waals surface area contributed by atoms with Gasteiger partial charge in [0.05, 0.1) is 6.61 Å². The smallest absolute Gasteiger partial charge is 0.356 e. The second-order valence-electron chi connectivity index (χ2n) is 4.00. The zero-order valence-corrected chi connectivity index (χ0v) is 12.0. The van der Waals surface area contributed by atoms with Crippen LogP contribution in [0.3, 0.4) is 0 Å². The van der Waals surface area contributed by atoms with E-state index in [9.17, 15) is 4.79 Å². The first-order valence-electron chi connectivity index (χ1n) is 5.80. The van der Waals surface area contributed by atoms with Gasteiger partial charge in [0.25, 0.3) is 0 Å². The molecule has 0 N–H and O–H groups in total. The molecule has 0 radical (unpaired) electrons. The van der Waals surface area contributed by atoms with E-state index in [0.29, 0.717) is 12.3 Å². The molecule has 6 heteroatoms. The van der Waals surface area contributed by atoms with Crippen LogP contribution in [0.25, 0.3) is 0 Å². The molecule has 0 aliphatic rings. The van der Waals surface area contributed by atoms with Crippen molar-refractivity contribution in [3.63, 3.8) is 0 Å². The van der Waals surface area contributed by atoms with Gasteiger partial charge in [0.15, 0.2) is 0 Å². The van der Waals surface area contributed by atoms with Crippen molar-refractivity contribution in [3.8, 4) is 0 Å². The van der Waals surface area contributed by atoms with E-state index >= 15 is 0 Å². The molecule has 0 amide bonds. The fourth-order valence-corrected chi connectivity index (χ4v) is 2.76. The molecule has 1 heterocycles. The van der Waals surface area contributed by atoms with E-state index in [1.165, 1.54) is 0 Å². The molecule has 18 heavy (non-hydrogen) atoms. The predicted molar refractivity (Wildman–Crippen MR) is 69.6 cm³/mol. The van der Waals surface area contributed by atoms with Crippen LogP contribution in [0.15, 0.2) is 24.4 Å². The number of hydrogen-bond acceptors (Lipinski definition) is 5. The summed E-state index contributed by atoms with van der Waals surface area (Å²) >= 11 is 0. The van der Waals surface area contributed by atoms with Gasteiger partial charge in [-0.2, -0.15) is 0 Å². The number of nitrogens with zero attached hydrogens (tertiary/aromatic N) is 1. The van der Waals surface area contributed by atoms with Gasteiger partial charge in [-0.25, -0.2) is 9.78 Å².